The van der Waals surface area contributed by atoms with Gasteiger partial charge in [-0.1, -0.05) is 6.07 Å². The molecule has 2 fully saturated rings. The van der Waals surface area contributed by atoms with Gasteiger partial charge in [-0.2, -0.15) is 0 Å². The maximum absolute atomic E-state index is 12.9. The third-order valence-electron chi connectivity index (χ3n) is 5.97. The number of likely N-dealkylation sites (tertiary alicyclic amines) is 1. The molecule has 2 aliphatic rings. The molecule has 2 amide bonds. The number of fused-ring (bicyclic) bond motifs is 1. The second-order valence-electron chi connectivity index (χ2n) is 7.89. The molecule has 29 heavy (non-hydrogen) atoms. The zero-order chi connectivity index (χ0) is 20.7. The Kier molecular flexibility index (Phi) is 4.99. The number of hydrogen-bond acceptors (Lipinski definition) is 5. The lowest BCUT2D eigenvalue weighted by Crippen LogP contribution is -2.44. The number of carbonyl (C=O) groups excluding carboxylic acids is 2. The highest BCUT2D eigenvalue weighted by Gasteiger charge is 2.31. The second kappa shape index (κ2) is 7.47. The number of hydrogen-bond donors (Lipinski definition) is 2. The van der Waals surface area contributed by atoms with Crippen molar-refractivity contribution in [2.75, 3.05) is 19.6 Å². The average Bonchev–Trinajstić information content (AvgIpc) is 2.92. The van der Waals surface area contributed by atoms with E-state index in [4.69, 9.17) is 5.11 Å². The van der Waals surface area contributed by atoms with Crippen molar-refractivity contribution in [3.8, 4) is 0 Å². The third-order valence-corrected chi connectivity index (χ3v) is 5.97. The smallest absolute Gasteiger partial charge is 0.329 e. The zero-order valence-electron chi connectivity index (χ0n) is 16.3. The summed E-state index contributed by atoms with van der Waals surface area (Å²) in [7, 11) is 1.68. The van der Waals surface area contributed by atoms with E-state index in [0.29, 0.717) is 18.5 Å². The summed E-state index contributed by atoms with van der Waals surface area (Å²) in [5.41, 5.74) is 2.16. The van der Waals surface area contributed by atoms with E-state index < -0.39 is 17.9 Å². The van der Waals surface area contributed by atoms with Crippen LogP contribution in [0.15, 0.2) is 23.0 Å². The molecule has 154 valence electrons. The molecular weight excluding hydrogens is 376 g/mol. The van der Waals surface area contributed by atoms with E-state index in [0.717, 1.165) is 30.5 Å². The Morgan fingerprint density at radius 1 is 1.21 bits per heavy atom. The molecule has 9 nitrogen and oxygen atoms in total. The van der Waals surface area contributed by atoms with Crippen LogP contribution in [-0.4, -0.2) is 56.6 Å². The molecule has 2 atom stereocenters. The lowest BCUT2D eigenvalue weighted by Gasteiger charge is -2.31. The summed E-state index contributed by atoms with van der Waals surface area (Å²) >= 11 is 0. The van der Waals surface area contributed by atoms with Gasteiger partial charge in [0.15, 0.2) is 0 Å². The molecule has 1 unspecified atom stereocenters. The van der Waals surface area contributed by atoms with Crippen LogP contribution < -0.4 is 11.0 Å². The van der Waals surface area contributed by atoms with Gasteiger partial charge >= 0.3 is 11.7 Å². The maximum atomic E-state index is 12.9. The van der Waals surface area contributed by atoms with Crippen molar-refractivity contribution in [2.45, 2.75) is 37.6 Å². The molecule has 1 aromatic carbocycles. The maximum Gasteiger partial charge on any atom is 0.329 e. The lowest BCUT2D eigenvalue weighted by molar-refractivity contribution is -0.139. The van der Waals surface area contributed by atoms with Crippen molar-refractivity contribution in [2.24, 2.45) is 7.05 Å². The Labute approximate surface area is 166 Å². The fourth-order valence-corrected chi connectivity index (χ4v) is 4.53. The van der Waals surface area contributed by atoms with Gasteiger partial charge in [0.1, 0.15) is 6.04 Å². The molecule has 2 saturated heterocycles. The van der Waals surface area contributed by atoms with Gasteiger partial charge in [0, 0.05) is 20.0 Å². The Morgan fingerprint density at radius 2 is 2.00 bits per heavy atom. The van der Waals surface area contributed by atoms with E-state index in [9.17, 15) is 19.2 Å². The fourth-order valence-electron chi connectivity index (χ4n) is 4.53. The van der Waals surface area contributed by atoms with Crippen LogP contribution in [0, 0.1) is 0 Å². The third kappa shape index (κ3) is 3.57. The van der Waals surface area contributed by atoms with E-state index in [1.54, 1.807) is 7.05 Å². The Hall–Kier alpha value is -2.94. The molecule has 0 saturated carbocycles. The van der Waals surface area contributed by atoms with Crippen molar-refractivity contribution in [3.63, 3.8) is 0 Å². The second-order valence-corrected chi connectivity index (χ2v) is 7.89. The monoisotopic (exact) mass is 400 g/mol. The van der Waals surface area contributed by atoms with Crippen molar-refractivity contribution in [1.82, 2.24) is 19.4 Å². The molecule has 1 aromatic heterocycles. The molecular formula is C20H24N4O5. The summed E-state index contributed by atoms with van der Waals surface area (Å²) < 4.78 is 3.00. The molecule has 3 heterocycles. The minimum Gasteiger partial charge on any atom is -0.480 e. The zero-order valence-corrected chi connectivity index (χ0v) is 16.3. The predicted molar refractivity (Wildman–Crippen MR) is 105 cm³/mol. The van der Waals surface area contributed by atoms with Crippen molar-refractivity contribution in [3.05, 3.63) is 34.2 Å². The fraction of sp³-hybridized carbons (Fsp3) is 0.500. The largest absolute Gasteiger partial charge is 0.480 e. The van der Waals surface area contributed by atoms with Gasteiger partial charge in [-0.15, -0.1) is 0 Å². The first-order valence-corrected chi connectivity index (χ1v) is 9.84. The van der Waals surface area contributed by atoms with Crippen molar-refractivity contribution >= 4 is 28.8 Å². The summed E-state index contributed by atoms with van der Waals surface area (Å²) in [5.74, 6) is -1.40. The number of benzene rings is 1. The lowest BCUT2D eigenvalue weighted by atomic mass is 9.90. The Bertz CT molecular complexity index is 1050. The average molecular weight is 400 g/mol. The Morgan fingerprint density at radius 3 is 2.72 bits per heavy atom. The first-order chi connectivity index (χ1) is 13.8. The van der Waals surface area contributed by atoms with Gasteiger partial charge < -0.3 is 5.11 Å². The highest BCUT2D eigenvalue weighted by atomic mass is 16.4. The molecule has 9 heteroatoms. The van der Waals surface area contributed by atoms with Gasteiger partial charge in [0.2, 0.25) is 11.8 Å². The number of rotatable bonds is 4. The van der Waals surface area contributed by atoms with Gasteiger partial charge in [-0.25, -0.2) is 4.79 Å². The number of aryl methyl sites for hydroxylation is 1. The number of nitrogens with zero attached hydrogens (tertiary/aromatic N) is 3. The summed E-state index contributed by atoms with van der Waals surface area (Å²) in [4.78, 5) is 49.6. The summed E-state index contributed by atoms with van der Waals surface area (Å²) in [6.45, 7) is 1.47. The number of piperidine rings is 2. The van der Waals surface area contributed by atoms with Crippen LogP contribution in [-0.2, 0) is 21.4 Å². The normalized spacial score (nSPS) is 23.3. The van der Waals surface area contributed by atoms with Crippen LogP contribution in [0.2, 0.25) is 0 Å². The quantitative estimate of drug-likeness (QED) is 0.726. The van der Waals surface area contributed by atoms with Gasteiger partial charge in [-0.3, -0.25) is 33.7 Å². The SMILES string of the molecule is Cn1c(=O)n(C2CCC(=O)NC2=O)c2ccc([C@H]3CCCN(CC(=O)O)C3)cc21. The van der Waals surface area contributed by atoms with Gasteiger partial charge in [0.25, 0.3) is 0 Å². The number of imidazole rings is 1. The van der Waals surface area contributed by atoms with E-state index in [1.807, 2.05) is 23.1 Å². The summed E-state index contributed by atoms with van der Waals surface area (Å²) in [5, 5.41) is 11.4. The van der Waals surface area contributed by atoms with Crippen molar-refractivity contribution in [1.29, 1.82) is 0 Å². The topological polar surface area (TPSA) is 114 Å². The predicted octanol–water partition coefficient (Wildman–Crippen LogP) is 0.582. The molecule has 4 rings (SSSR count). The van der Waals surface area contributed by atoms with Crippen molar-refractivity contribution < 1.29 is 19.5 Å². The molecule has 0 bridgehead atoms. The van der Waals surface area contributed by atoms with Crippen LogP contribution in [0.1, 0.15) is 43.2 Å². The molecule has 2 aromatic rings. The summed E-state index contributed by atoms with van der Waals surface area (Å²) in [6, 6.07) is 5.08. The van der Waals surface area contributed by atoms with Crippen LogP contribution in [0.3, 0.4) is 0 Å². The first-order valence-electron chi connectivity index (χ1n) is 9.84. The first kappa shape index (κ1) is 19.4. The molecule has 0 spiro atoms. The number of aromatic nitrogens is 2. The Balaban J connectivity index is 1.68. The van der Waals surface area contributed by atoms with E-state index in [2.05, 4.69) is 5.32 Å². The van der Waals surface area contributed by atoms with E-state index in [-0.39, 0.29) is 30.5 Å². The van der Waals surface area contributed by atoms with Crippen LogP contribution >= 0.6 is 0 Å². The van der Waals surface area contributed by atoms with Crippen LogP contribution in [0.25, 0.3) is 11.0 Å². The van der Waals surface area contributed by atoms with Gasteiger partial charge in [-0.05, 0) is 49.4 Å². The number of carboxylic acids is 1. The number of aliphatic carboxylic acids is 1. The molecule has 0 radical (unpaired) electrons. The highest BCUT2D eigenvalue weighted by molar-refractivity contribution is 6.00. The van der Waals surface area contributed by atoms with E-state index >= 15 is 0 Å². The number of imide groups is 1. The molecule has 0 aliphatic carbocycles. The summed E-state index contributed by atoms with van der Waals surface area (Å²) in [6.07, 6.45) is 2.40. The van der Waals surface area contributed by atoms with E-state index in [1.165, 1.54) is 9.13 Å². The number of carbonyl (C=O) groups is 3. The van der Waals surface area contributed by atoms with Crippen LogP contribution in [0.5, 0.6) is 0 Å². The highest BCUT2D eigenvalue weighted by Crippen LogP contribution is 2.30. The minimum absolute atomic E-state index is 0.0309. The van der Waals surface area contributed by atoms with Crippen LogP contribution in [0.4, 0.5) is 0 Å². The minimum atomic E-state index is -0.829. The number of carboxylic acid groups (broad SMARTS) is 1. The standard InChI is InChI=1S/C20H24N4O5/c1-22-16-9-12(13-3-2-8-23(10-13)11-18(26)27)4-5-14(16)24(20(22)29)15-6-7-17(25)21-19(15)28/h4-5,9,13,15H,2-3,6-8,10-11H2,1H3,(H,26,27)(H,21,25,28)/t13-,15?/m0/s1. The molecule has 2 aliphatic heterocycles. The van der Waals surface area contributed by atoms with Gasteiger partial charge in [0.05, 0.1) is 17.6 Å². The number of nitrogens with one attached hydrogen (secondary N) is 1. The number of amides is 2. The molecule has 2 N–H and O–H groups in total.